The Hall–Kier alpha value is -2.76. The molecule has 1 aromatic carbocycles. The van der Waals surface area contributed by atoms with Crippen molar-refractivity contribution in [2.75, 3.05) is 5.32 Å². The number of nitrogens with one attached hydrogen (secondary N) is 1. The Morgan fingerprint density at radius 1 is 1.11 bits per heavy atom. The van der Waals surface area contributed by atoms with Crippen LogP contribution in [0.25, 0.3) is 11.0 Å². The van der Waals surface area contributed by atoms with Gasteiger partial charge in [0.15, 0.2) is 0 Å². The number of nitrogens with zero attached hydrogens (tertiary/aromatic N) is 4. The molecule has 0 saturated heterocycles. The number of carbonyl (C=O) groups is 1. The summed E-state index contributed by atoms with van der Waals surface area (Å²) < 4.78 is 1.36. The molecule has 1 N–H and O–H groups in total. The van der Waals surface area contributed by atoms with Crippen molar-refractivity contribution in [3.05, 3.63) is 49.3 Å². The van der Waals surface area contributed by atoms with Crippen molar-refractivity contribution in [1.82, 2.24) is 19.5 Å². The third-order valence-electron chi connectivity index (χ3n) is 2.46. The molecule has 3 rings (SSSR count). The molecule has 0 fully saturated rings. The minimum atomic E-state index is -0.268. The number of fused-ring (bicyclic) bond motifs is 1. The van der Waals surface area contributed by atoms with Crippen LogP contribution in [0.3, 0.4) is 0 Å². The van der Waals surface area contributed by atoms with Crippen molar-refractivity contribution < 1.29 is 4.79 Å². The predicted octanol–water partition coefficient (Wildman–Crippen LogP) is 1.91. The Labute approximate surface area is 102 Å². The van der Waals surface area contributed by atoms with Gasteiger partial charge in [-0.15, -0.1) is 0 Å². The molecule has 18 heavy (non-hydrogen) atoms. The van der Waals surface area contributed by atoms with E-state index in [1.807, 2.05) is 6.07 Å². The number of hydrogen-bond donors (Lipinski definition) is 1. The Bertz CT molecular complexity index is 693. The molecular weight excluding hydrogens is 230 g/mol. The number of benzene rings is 1. The van der Waals surface area contributed by atoms with Crippen LogP contribution in [0.2, 0.25) is 0 Å². The molecule has 3 aromatic rings. The second-order valence-electron chi connectivity index (χ2n) is 3.66. The first kappa shape index (κ1) is 10.4. The topological polar surface area (TPSA) is 72.7 Å². The van der Waals surface area contributed by atoms with E-state index in [4.69, 9.17) is 0 Å². The van der Waals surface area contributed by atoms with Crippen LogP contribution in [0.4, 0.5) is 10.5 Å². The second kappa shape index (κ2) is 4.25. The number of rotatable bonds is 1. The molecule has 0 spiro atoms. The number of hydrogen-bond acceptors (Lipinski definition) is 4. The minimum absolute atomic E-state index is 0.268. The van der Waals surface area contributed by atoms with Crippen LogP contribution in [0.5, 0.6) is 0 Å². The first-order chi connectivity index (χ1) is 8.83. The predicted molar refractivity (Wildman–Crippen MR) is 66.2 cm³/mol. The van der Waals surface area contributed by atoms with Crippen molar-refractivity contribution in [3.8, 4) is 0 Å². The average molecular weight is 239 g/mol. The van der Waals surface area contributed by atoms with E-state index in [2.05, 4.69) is 20.3 Å². The van der Waals surface area contributed by atoms with Crippen molar-refractivity contribution in [2.24, 2.45) is 0 Å². The van der Waals surface area contributed by atoms with E-state index in [9.17, 15) is 4.79 Å². The zero-order valence-corrected chi connectivity index (χ0v) is 9.32. The number of amides is 1. The lowest BCUT2D eigenvalue weighted by Gasteiger charge is -2.05. The molecular formula is C12H9N5O. The third kappa shape index (κ3) is 1.91. The standard InChI is InChI=1S/C12H9N5O/c18-12(17-6-5-13-8-17)16-9-1-2-10-11(7-9)15-4-3-14-10/h1-8H,(H,16,18). The maximum Gasteiger partial charge on any atom is 0.331 e. The van der Waals surface area contributed by atoms with Gasteiger partial charge in [0.2, 0.25) is 0 Å². The second-order valence-corrected chi connectivity index (χ2v) is 3.66. The zero-order chi connectivity index (χ0) is 12.4. The highest BCUT2D eigenvalue weighted by molar-refractivity contribution is 5.92. The van der Waals surface area contributed by atoms with Gasteiger partial charge in [-0.1, -0.05) is 0 Å². The lowest BCUT2D eigenvalue weighted by Crippen LogP contribution is -2.17. The van der Waals surface area contributed by atoms with E-state index >= 15 is 0 Å². The molecule has 1 amide bonds. The molecule has 88 valence electrons. The Morgan fingerprint density at radius 2 is 1.94 bits per heavy atom. The number of carbonyl (C=O) groups excluding carboxylic acids is 1. The normalized spacial score (nSPS) is 10.4. The molecule has 6 heteroatoms. The lowest BCUT2D eigenvalue weighted by atomic mass is 10.2. The maximum atomic E-state index is 11.8. The smallest absolute Gasteiger partial charge is 0.307 e. The van der Waals surface area contributed by atoms with Crippen molar-refractivity contribution in [1.29, 1.82) is 0 Å². The molecule has 0 saturated carbocycles. The van der Waals surface area contributed by atoms with Gasteiger partial charge in [-0.25, -0.2) is 9.78 Å². The summed E-state index contributed by atoms with van der Waals surface area (Å²) in [4.78, 5) is 23.9. The third-order valence-corrected chi connectivity index (χ3v) is 2.46. The fourth-order valence-electron chi connectivity index (χ4n) is 1.61. The SMILES string of the molecule is O=C(Nc1ccc2nccnc2c1)n1ccnc1. The average Bonchev–Trinajstić information content (AvgIpc) is 2.92. The fourth-order valence-corrected chi connectivity index (χ4v) is 1.61. The number of aromatic nitrogens is 4. The summed E-state index contributed by atoms with van der Waals surface area (Å²) in [5.41, 5.74) is 2.20. The van der Waals surface area contributed by atoms with Gasteiger partial charge in [0, 0.05) is 30.5 Å². The quantitative estimate of drug-likeness (QED) is 0.704. The molecule has 0 aliphatic rings. The summed E-state index contributed by atoms with van der Waals surface area (Å²) >= 11 is 0. The summed E-state index contributed by atoms with van der Waals surface area (Å²) in [6, 6.07) is 5.10. The van der Waals surface area contributed by atoms with Crippen molar-refractivity contribution in [2.45, 2.75) is 0 Å². The molecule has 2 heterocycles. The summed E-state index contributed by atoms with van der Waals surface area (Å²) in [5, 5.41) is 2.75. The van der Waals surface area contributed by atoms with Gasteiger partial charge < -0.3 is 5.32 Å². The summed E-state index contributed by atoms with van der Waals surface area (Å²) in [6.07, 6.45) is 7.81. The van der Waals surface area contributed by atoms with E-state index in [1.54, 1.807) is 36.9 Å². The maximum absolute atomic E-state index is 11.8. The molecule has 0 aliphatic heterocycles. The highest BCUT2D eigenvalue weighted by atomic mass is 16.2. The molecule has 0 aliphatic carbocycles. The van der Waals surface area contributed by atoms with Gasteiger partial charge in [-0.2, -0.15) is 0 Å². The van der Waals surface area contributed by atoms with Crippen LogP contribution in [0, 0.1) is 0 Å². The van der Waals surface area contributed by atoms with Gasteiger partial charge in [0.05, 0.1) is 11.0 Å². The minimum Gasteiger partial charge on any atom is -0.307 e. The molecule has 0 bridgehead atoms. The van der Waals surface area contributed by atoms with Crippen LogP contribution < -0.4 is 5.32 Å². The Balaban J connectivity index is 1.89. The first-order valence-corrected chi connectivity index (χ1v) is 5.33. The summed E-state index contributed by atoms with van der Waals surface area (Å²) in [7, 11) is 0. The molecule has 6 nitrogen and oxygen atoms in total. The van der Waals surface area contributed by atoms with Crippen LogP contribution >= 0.6 is 0 Å². The van der Waals surface area contributed by atoms with E-state index < -0.39 is 0 Å². The van der Waals surface area contributed by atoms with E-state index in [0.717, 1.165) is 11.0 Å². The van der Waals surface area contributed by atoms with Crippen LogP contribution in [0.1, 0.15) is 0 Å². The molecule has 0 unspecified atom stereocenters. The molecule has 2 aromatic heterocycles. The summed E-state index contributed by atoms with van der Waals surface area (Å²) in [5.74, 6) is 0. The van der Waals surface area contributed by atoms with Gasteiger partial charge in [0.25, 0.3) is 0 Å². The number of imidazole rings is 1. The monoisotopic (exact) mass is 239 g/mol. The van der Waals surface area contributed by atoms with E-state index in [1.165, 1.54) is 10.9 Å². The van der Waals surface area contributed by atoms with Gasteiger partial charge in [-0.3, -0.25) is 14.5 Å². The first-order valence-electron chi connectivity index (χ1n) is 5.33. The Morgan fingerprint density at radius 3 is 2.72 bits per heavy atom. The van der Waals surface area contributed by atoms with Crippen molar-refractivity contribution in [3.63, 3.8) is 0 Å². The molecule has 0 atom stereocenters. The van der Waals surface area contributed by atoms with E-state index in [-0.39, 0.29) is 6.03 Å². The fraction of sp³-hybridized carbons (Fsp3) is 0. The highest BCUT2D eigenvalue weighted by Crippen LogP contribution is 2.15. The molecule has 0 radical (unpaired) electrons. The largest absolute Gasteiger partial charge is 0.331 e. The zero-order valence-electron chi connectivity index (χ0n) is 9.32. The number of anilines is 1. The van der Waals surface area contributed by atoms with Crippen LogP contribution in [0.15, 0.2) is 49.3 Å². The van der Waals surface area contributed by atoms with Crippen molar-refractivity contribution >= 4 is 22.8 Å². The van der Waals surface area contributed by atoms with Crippen LogP contribution in [-0.2, 0) is 0 Å². The highest BCUT2D eigenvalue weighted by Gasteiger charge is 2.04. The van der Waals surface area contributed by atoms with E-state index in [0.29, 0.717) is 5.69 Å². The van der Waals surface area contributed by atoms with Gasteiger partial charge in [-0.05, 0) is 18.2 Å². The lowest BCUT2D eigenvalue weighted by molar-refractivity contribution is 0.253. The Kier molecular flexibility index (Phi) is 2.45. The van der Waals surface area contributed by atoms with Crippen LogP contribution in [-0.4, -0.2) is 25.6 Å². The summed E-state index contributed by atoms with van der Waals surface area (Å²) in [6.45, 7) is 0. The van der Waals surface area contributed by atoms with Gasteiger partial charge >= 0.3 is 6.03 Å². The van der Waals surface area contributed by atoms with Gasteiger partial charge in [0.1, 0.15) is 6.33 Å².